The Morgan fingerprint density at radius 2 is 2.30 bits per heavy atom. The first-order valence-electron chi connectivity index (χ1n) is 8.79. The van der Waals surface area contributed by atoms with Gasteiger partial charge in [-0.15, -0.1) is 11.3 Å². The number of carbonyl (C=O) groups is 1. The minimum atomic E-state index is -0.297. The van der Waals surface area contributed by atoms with Crippen molar-refractivity contribution in [2.24, 2.45) is 5.92 Å². The summed E-state index contributed by atoms with van der Waals surface area (Å²) in [6, 6.07) is 0. The number of hydrogen-bond donors (Lipinski definition) is 1. The van der Waals surface area contributed by atoms with Crippen LogP contribution in [0.4, 0.5) is 9.52 Å². The van der Waals surface area contributed by atoms with Gasteiger partial charge in [-0.3, -0.25) is 9.69 Å². The fourth-order valence-corrected chi connectivity index (χ4v) is 4.39. The van der Waals surface area contributed by atoms with Gasteiger partial charge < -0.3 is 5.32 Å². The van der Waals surface area contributed by atoms with Gasteiger partial charge in [0.2, 0.25) is 5.91 Å². The number of hydrogen-bond acceptors (Lipinski definition) is 7. The summed E-state index contributed by atoms with van der Waals surface area (Å²) in [5.74, 6) is 0.366. The average molecular weight is 389 g/mol. The second kappa shape index (κ2) is 7.28. The van der Waals surface area contributed by atoms with Crippen LogP contribution in [0.15, 0.2) is 12.5 Å². The van der Waals surface area contributed by atoms with Crippen molar-refractivity contribution in [3.63, 3.8) is 0 Å². The third-order valence-corrected chi connectivity index (χ3v) is 5.59. The fourth-order valence-electron chi connectivity index (χ4n) is 3.48. The summed E-state index contributed by atoms with van der Waals surface area (Å²) in [5.41, 5.74) is 0.906. The maximum absolute atomic E-state index is 14.6. The summed E-state index contributed by atoms with van der Waals surface area (Å²) in [6.07, 6.45) is 4.80. The molecule has 4 rings (SSSR count). The zero-order valence-corrected chi connectivity index (χ0v) is 16.0. The highest BCUT2D eigenvalue weighted by atomic mass is 32.1. The van der Waals surface area contributed by atoms with Crippen LogP contribution >= 0.6 is 11.3 Å². The van der Waals surface area contributed by atoms with Crippen molar-refractivity contribution in [1.29, 1.82) is 0 Å². The number of aryl methyl sites for hydroxylation is 1. The summed E-state index contributed by atoms with van der Waals surface area (Å²) in [5, 5.41) is 7.45. The lowest BCUT2D eigenvalue weighted by Crippen LogP contribution is -2.21. The van der Waals surface area contributed by atoms with E-state index in [9.17, 15) is 9.18 Å². The molecule has 1 atom stereocenters. The van der Waals surface area contributed by atoms with Crippen molar-refractivity contribution >= 4 is 28.2 Å². The van der Waals surface area contributed by atoms with Crippen LogP contribution in [-0.2, 0) is 17.8 Å². The molecule has 0 saturated carbocycles. The van der Waals surface area contributed by atoms with Crippen molar-refractivity contribution < 1.29 is 9.18 Å². The molecule has 1 aliphatic rings. The lowest BCUT2D eigenvalue weighted by molar-refractivity contribution is -0.114. The Kier molecular flexibility index (Phi) is 4.83. The second-order valence-electron chi connectivity index (χ2n) is 6.84. The van der Waals surface area contributed by atoms with Crippen LogP contribution in [0.5, 0.6) is 0 Å². The minimum absolute atomic E-state index is 0.119. The lowest BCUT2D eigenvalue weighted by atomic mass is 10.0. The van der Waals surface area contributed by atoms with Crippen LogP contribution in [0.3, 0.4) is 0 Å². The van der Waals surface area contributed by atoms with Gasteiger partial charge in [0.05, 0.1) is 11.4 Å². The molecule has 1 saturated heterocycles. The Hall–Kier alpha value is -2.46. The number of anilines is 1. The molecule has 1 aliphatic heterocycles. The van der Waals surface area contributed by atoms with Gasteiger partial charge >= 0.3 is 0 Å². The Balaban J connectivity index is 1.42. The highest BCUT2D eigenvalue weighted by Crippen LogP contribution is 2.26. The molecule has 1 N–H and O–H groups in total. The zero-order valence-electron chi connectivity index (χ0n) is 15.1. The number of carbonyl (C=O) groups excluding carboxylic acids is 1. The molecule has 1 fully saturated rings. The number of fused-ring (bicyclic) bond motifs is 1. The smallest absolute Gasteiger partial charge is 0.252 e. The number of aromatic nitrogens is 5. The van der Waals surface area contributed by atoms with E-state index in [0.717, 1.165) is 30.9 Å². The molecule has 3 aromatic rings. The van der Waals surface area contributed by atoms with Crippen molar-refractivity contribution in [3.05, 3.63) is 34.6 Å². The van der Waals surface area contributed by atoms with Gasteiger partial charge in [0, 0.05) is 31.1 Å². The van der Waals surface area contributed by atoms with Gasteiger partial charge in [-0.25, -0.2) is 14.4 Å². The quantitative estimate of drug-likeness (QED) is 0.719. The van der Waals surface area contributed by atoms with Crippen molar-refractivity contribution in [1.82, 2.24) is 29.5 Å². The van der Waals surface area contributed by atoms with Crippen LogP contribution in [0.1, 0.15) is 29.6 Å². The standard InChI is InChI=1S/C17H20FN7OS/c1-10-15(18)14(25-16(22-10)20-9-21-25)5-12-3-4-24(7-12)8-13-6-19-17(27-13)23-11(2)26/h6,9,12H,3-5,7-8H2,1-2H3,(H,19,23,26). The molecule has 1 unspecified atom stereocenters. The highest BCUT2D eigenvalue weighted by molar-refractivity contribution is 7.15. The molecule has 0 radical (unpaired) electrons. The van der Waals surface area contributed by atoms with E-state index in [4.69, 9.17) is 0 Å². The molecule has 0 bridgehead atoms. The van der Waals surface area contributed by atoms with Gasteiger partial charge in [-0.1, -0.05) is 0 Å². The summed E-state index contributed by atoms with van der Waals surface area (Å²) >= 11 is 1.49. The number of halogens is 1. The maximum atomic E-state index is 14.6. The molecule has 142 valence electrons. The van der Waals surface area contributed by atoms with E-state index in [1.807, 2.05) is 0 Å². The fraction of sp³-hybridized carbons (Fsp3) is 0.471. The van der Waals surface area contributed by atoms with Crippen molar-refractivity contribution in [3.8, 4) is 0 Å². The first kappa shape index (κ1) is 17.9. The van der Waals surface area contributed by atoms with E-state index in [0.29, 0.717) is 34.6 Å². The first-order chi connectivity index (χ1) is 13.0. The second-order valence-corrected chi connectivity index (χ2v) is 7.95. The van der Waals surface area contributed by atoms with Gasteiger partial charge in [0.1, 0.15) is 6.33 Å². The summed E-state index contributed by atoms with van der Waals surface area (Å²) in [6.45, 7) is 5.74. The number of likely N-dealkylation sites (tertiary alicyclic amines) is 1. The molecule has 10 heteroatoms. The summed E-state index contributed by atoms with van der Waals surface area (Å²) < 4.78 is 16.1. The Morgan fingerprint density at radius 1 is 1.44 bits per heavy atom. The van der Waals surface area contributed by atoms with E-state index >= 15 is 0 Å². The summed E-state index contributed by atoms with van der Waals surface area (Å²) in [4.78, 5) is 27.0. The monoisotopic (exact) mass is 389 g/mol. The van der Waals surface area contributed by atoms with Crippen molar-refractivity contribution in [2.75, 3.05) is 18.4 Å². The number of nitrogens with one attached hydrogen (secondary N) is 1. The lowest BCUT2D eigenvalue weighted by Gasteiger charge is -2.15. The van der Waals surface area contributed by atoms with Crippen LogP contribution in [-0.4, -0.2) is 48.5 Å². The van der Waals surface area contributed by atoms with E-state index in [1.165, 1.54) is 29.1 Å². The van der Waals surface area contributed by atoms with E-state index in [2.05, 4.69) is 30.3 Å². The molecule has 3 aromatic heterocycles. The van der Waals surface area contributed by atoms with Crippen LogP contribution in [0.25, 0.3) is 5.78 Å². The Bertz CT molecular complexity index is 985. The molecular formula is C17H20FN7OS. The Labute approximate surface area is 159 Å². The van der Waals surface area contributed by atoms with E-state index in [-0.39, 0.29) is 11.7 Å². The minimum Gasteiger partial charge on any atom is -0.302 e. The number of thiazole rings is 1. The third kappa shape index (κ3) is 3.81. The molecule has 4 heterocycles. The van der Waals surface area contributed by atoms with Crippen LogP contribution in [0.2, 0.25) is 0 Å². The third-order valence-electron chi connectivity index (χ3n) is 4.69. The average Bonchev–Trinajstić information content (AvgIpc) is 3.33. The molecule has 8 nitrogen and oxygen atoms in total. The van der Waals surface area contributed by atoms with E-state index < -0.39 is 0 Å². The van der Waals surface area contributed by atoms with Crippen LogP contribution in [0, 0.1) is 18.7 Å². The van der Waals surface area contributed by atoms with Gasteiger partial charge in [-0.2, -0.15) is 14.6 Å². The topological polar surface area (TPSA) is 88.3 Å². The maximum Gasteiger partial charge on any atom is 0.252 e. The molecule has 0 aliphatic carbocycles. The van der Waals surface area contributed by atoms with Gasteiger partial charge in [0.15, 0.2) is 10.9 Å². The normalized spacial score (nSPS) is 17.7. The predicted octanol–water partition coefficient (Wildman–Crippen LogP) is 2.05. The van der Waals surface area contributed by atoms with Gasteiger partial charge in [0.25, 0.3) is 5.78 Å². The largest absolute Gasteiger partial charge is 0.302 e. The SMILES string of the molecule is CC(=O)Nc1ncc(CN2CCC(Cc3c(F)c(C)nc4ncnn34)C2)s1. The number of amides is 1. The first-order valence-corrected chi connectivity index (χ1v) is 9.60. The van der Waals surface area contributed by atoms with E-state index in [1.54, 1.807) is 13.1 Å². The number of rotatable bonds is 5. The van der Waals surface area contributed by atoms with Crippen LogP contribution < -0.4 is 5.32 Å². The molecule has 0 aromatic carbocycles. The number of nitrogens with zero attached hydrogens (tertiary/aromatic N) is 6. The molecular weight excluding hydrogens is 369 g/mol. The molecule has 0 spiro atoms. The zero-order chi connectivity index (χ0) is 19.0. The summed E-state index contributed by atoms with van der Waals surface area (Å²) in [7, 11) is 0. The molecule has 27 heavy (non-hydrogen) atoms. The van der Waals surface area contributed by atoms with Gasteiger partial charge in [-0.05, 0) is 32.2 Å². The molecule has 1 amide bonds. The van der Waals surface area contributed by atoms with Crippen molar-refractivity contribution in [2.45, 2.75) is 33.2 Å². The predicted molar refractivity (Wildman–Crippen MR) is 99.0 cm³/mol. The highest BCUT2D eigenvalue weighted by Gasteiger charge is 2.26. The Morgan fingerprint density at radius 3 is 3.11 bits per heavy atom.